The van der Waals surface area contributed by atoms with E-state index in [0.717, 1.165) is 6.07 Å². The molecular weight excluding hydrogens is 292 g/mol. The molecule has 0 spiro atoms. The Morgan fingerprint density at radius 2 is 2.27 bits per heavy atom. The van der Waals surface area contributed by atoms with Crippen LogP contribution in [0.15, 0.2) is 24.3 Å². The predicted molar refractivity (Wildman–Crippen MR) is 75.4 cm³/mol. The zero-order chi connectivity index (χ0) is 16.1. The fourth-order valence-electron chi connectivity index (χ4n) is 2.09. The minimum atomic E-state index is -0.765. The molecular formula is C14H16N2O6. The van der Waals surface area contributed by atoms with Gasteiger partial charge < -0.3 is 14.4 Å². The van der Waals surface area contributed by atoms with Crippen LogP contribution in [0.2, 0.25) is 0 Å². The monoisotopic (exact) mass is 308 g/mol. The van der Waals surface area contributed by atoms with Gasteiger partial charge in [-0.3, -0.25) is 14.9 Å². The van der Waals surface area contributed by atoms with E-state index in [1.54, 1.807) is 4.90 Å². The third kappa shape index (κ3) is 4.01. The summed E-state index contributed by atoms with van der Waals surface area (Å²) in [4.78, 5) is 35.4. The van der Waals surface area contributed by atoms with Crippen LogP contribution in [0.3, 0.4) is 0 Å². The van der Waals surface area contributed by atoms with Crippen molar-refractivity contribution < 1.29 is 24.0 Å². The van der Waals surface area contributed by atoms with Crippen molar-refractivity contribution in [2.75, 3.05) is 26.3 Å². The molecule has 1 amide bonds. The molecule has 8 nitrogen and oxygen atoms in total. The fraction of sp³-hybridized carbons (Fsp3) is 0.429. The van der Waals surface area contributed by atoms with Crippen LogP contribution in [0, 0.1) is 10.1 Å². The number of non-ortho nitro benzene ring substituents is 1. The predicted octanol–water partition coefficient (Wildman–Crippen LogP) is 0.999. The van der Waals surface area contributed by atoms with Gasteiger partial charge in [-0.2, -0.15) is 0 Å². The molecule has 0 radical (unpaired) electrons. The summed E-state index contributed by atoms with van der Waals surface area (Å²) < 4.78 is 10.2. The Bertz CT molecular complexity index is 588. The van der Waals surface area contributed by atoms with E-state index in [1.165, 1.54) is 18.2 Å². The van der Waals surface area contributed by atoms with Gasteiger partial charge in [-0.1, -0.05) is 6.07 Å². The molecule has 1 saturated heterocycles. The Labute approximate surface area is 126 Å². The summed E-state index contributed by atoms with van der Waals surface area (Å²) in [6, 6.07) is 5.18. The maximum absolute atomic E-state index is 11.9. The van der Waals surface area contributed by atoms with Gasteiger partial charge in [0.25, 0.3) is 11.6 Å². The molecule has 1 aromatic rings. The highest BCUT2D eigenvalue weighted by Gasteiger charge is 2.22. The maximum atomic E-state index is 11.9. The summed E-state index contributed by atoms with van der Waals surface area (Å²) in [7, 11) is 0. The van der Waals surface area contributed by atoms with Gasteiger partial charge >= 0.3 is 5.97 Å². The molecule has 0 bridgehead atoms. The number of carbonyl (C=O) groups is 2. The van der Waals surface area contributed by atoms with Crippen LogP contribution < -0.4 is 0 Å². The van der Waals surface area contributed by atoms with Gasteiger partial charge in [-0.25, -0.2) is 4.79 Å². The SMILES string of the molecule is CC1CN(C(=O)COC(=O)c2cccc([N+](=O)[O-])c2)CCO1. The van der Waals surface area contributed by atoms with Crippen molar-refractivity contribution in [2.45, 2.75) is 13.0 Å². The normalized spacial score (nSPS) is 17.9. The van der Waals surface area contributed by atoms with E-state index >= 15 is 0 Å². The first-order valence-corrected chi connectivity index (χ1v) is 6.78. The zero-order valence-electron chi connectivity index (χ0n) is 12.1. The van der Waals surface area contributed by atoms with Gasteiger partial charge in [0.05, 0.1) is 23.2 Å². The highest BCUT2D eigenvalue weighted by molar-refractivity contribution is 5.91. The minimum Gasteiger partial charge on any atom is -0.452 e. The Kier molecular flexibility index (Phi) is 5.05. The summed E-state index contributed by atoms with van der Waals surface area (Å²) >= 11 is 0. The maximum Gasteiger partial charge on any atom is 0.338 e. The van der Waals surface area contributed by atoms with Gasteiger partial charge in [0.15, 0.2) is 6.61 Å². The summed E-state index contributed by atoms with van der Waals surface area (Å²) in [5.41, 5.74) is -0.167. The summed E-state index contributed by atoms with van der Waals surface area (Å²) in [5.74, 6) is -1.08. The molecule has 1 aliphatic heterocycles. The second kappa shape index (κ2) is 6.99. The number of nitro benzene ring substituents is 1. The van der Waals surface area contributed by atoms with Gasteiger partial charge in [0.2, 0.25) is 0 Å². The second-order valence-corrected chi connectivity index (χ2v) is 4.90. The number of nitrogens with zero attached hydrogens (tertiary/aromatic N) is 2. The lowest BCUT2D eigenvalue weighted by atomic mass is 10.2. The molecule has 1 unspecified atom stereocenters. The van der Waals surface area contributed by atoms with E-state index in [0.29, 0.717) is 19.7 Å². The number of nitro groups is 1. The number of benzene rings is 1. The first-order valence-electron chi connectivity index (χ1n) is 6.78. The smallest absolute Gasteiger partial charge is 0.338 e. The van der Waals surface area contributed by atoms with Crippen LogP contribution >= 0.6 is 0 Å². The zero-order valence-corrected chi connectivity index (χ0v) is 12.1. The van der Waals surface area contributed by atoms with E-state index in [4.69, 9.17) is 9.47 Å². The van der Waals surface area contributed by atoms with Crippen molar-refractivity contribution in [1.29, 1.82) is 0 Å². The summed E-state index contributed by atoms with van der Waals surface area (Å²) in [6.07, 6.45) is -0.0508. The highest BCUT2D eigenvalue weighted by Crippen LogP contribution is 2.14. The highest BCUT2D eigenvalue weighted by atomic mass is 16.6. The number of hydrogen-bond acceptors (Lipinski definition) is 6. The minimum absolute atomic E-state index is 0.0392. The van der Waals surface area contributed by atoms with Gasteiger partial charge in [-0.05, 0) is 13.0 Å². The van der Waals surface area contributed by atoms with Crippen molar-refractivity contribution in [3.05, 3.63) is 39.9 Å². The third-order valence-electron chi connectivity index (χ3n) is 3.21. The van der Waals surface area contributed by atoms with Crippen molar-refractivity contribution in [3.8, 4) is 0 Å². The van der Waals surface area contributed by atoms with Crippen molar-refractivity contribution in [3.63, 3.8) is 0 Å². The molecule has 1 fully saturated rings. The van der Waals surface area contributed by atoms with Crippen LogP contribution in [0.1, 0.15) is 17.3 Å². The second-order valence-electron chi connectivity index (χ2n) is 4.90. The van der Waals surface area contributed by atoms with Crippen LogP contribution in [-0.4, -0.2) is 54.1 Å². The van der Waals surface area contributed by atoms with Crippen molar-refractivity contribution >= 4 is 17.6 Å². The topological polar surface area (TPSA) is 99.0 Å². The third-order valence-corrected chi connectivity index (χ3v) is 3.21. The fourth-order valence-corrected chi connectivity index (χ4v) is 2.09. The first kappa shape index (κ1) is 15.9. The molecule has 118 valence electrons. The standard InChI is InChI=1S/C14H16N2O6/c1-10-8-15(5-6-21-10)13(17)9-22-14(18)11-3-2-4-12(7-11)16(19)20/h2-4,7,10H,5-6,8-9H2,1H3. The Morgan fingerprint density at radius 1 is 1.50 bits per heavy atom. The molecule has 0 aliphatic carbocycles. The summed E-state index contributed by atoms with van der Waals surface area (Å²) in [5, 5.41) is 10.7. The lowest BCUT2D eigenvalue weighted by molar-refractivity contribution is -0.384. The number of amides is 1. The van der Waals surface area contributed by atoms with Crippen LogP contribution in [0.4, 0.5) is 5.69 Å². The van der Waals surface area contributed by atoms with Crippen molar-refractivity contribution in [2.24, 2.45) is 0 Å². The number of ether oxygens (including phenoxy) is 2. The molecule has 0 aromatic heterocycles. The van der Waals surface area contributed by atoms with Crippen LogP contribution in [0.5, 0.6) is 0 Å². The van der Waals surface area contributed by atoms with Gasteiger partial charge in [-0.15, -0.1) is 0 Å². The number of morpholine rings is 1. The molecule has 1 aliphatic rings. The van der Waals surface area contributed by atoms with E-state index in [2.05, 4.69) is 0 Å². The lowest BCUT2D eigenvalue weighted by Crippen LogP contribution is -2.46. The largest absolute Gasteiger partial charge is 0.452 e. The Balaban J connectivity index is 1.91. The van der Waals surface area contributed by atoms with E-state index in [9.17, 15) is 19.7 Å². The average Bonchev–Trinajstić information content (AvgIpc) is 2.52. The van der Waals surface area contributed by atoms with Gasteiger partial charge in [0, 0.05) is 25.2 Å². The molecule has 0 saturated carbocycles. The number of carbonyl (C=O) groups excluding carboxylic acids is 2. The lowest BCUT2D eigenvalue weighted by Gasteiger charge is -2.30. The Hall–Kier alpha value is -2.48. The molecule has 22 heavy (non-hydrogen) atoms. The average molecular weight is 308 g/mol. The molecule has 0 N–H and O–H groups in total. The number of hydrogen-bond donors (Lipinski definition) is 0. The van der Waals surface area contributed by atoms with Crippen LogP contribution in [-0.2, 0) is 14.3 Å². The van der Waals surface area contributed by atoms with E-state index in [-0.39, 0.29) is 23.3 Å². The van der Waals surface area contributed by atoms with Crippen LogP contribution in [0.25, 0.3) is 0 Å². The molecule has 8 heteroatoms. The van der Waals surface area contributed by atoms with E-state index in [1.807, 2.05) is 6.92 Å². The molecule has 1 heterocycles. The number of rotatable bonds is 4. The molecule has 1 atom stereocenters. The molecule has 1 aromatic carbocycles. The number of esters is 1. The molecule has 2 rings (SSSR count). The summed E-state index contributed by atoms with van der Waals surface area (Å²) in [6.45, 7) is 2.82. The van der Waals surface area contributed by atoms with E-state index < -0.39 is 17.5 Å². The van der Waals surface area contributed by atoms with Crippen molar-refractivity contribution in [1.82, 2.24) is 4.90 Å². The first-order chi connectivity index (χ1) is 10.5. The Morgan fingerprint density at radius 3 is 2.95 bits per heavy atom. The van der Waals surface area contributed by atoms with Gasteiger partial charge in [0.1, 0.15) is 0 Å². The quantitative estimate of drug-likeness (QED) is 0.467.